The minimum Gasteiger partial charge on any atom is -0.494 e. The molecule has 3 saturated heterocycles. The second kappa shape index (κ2) is 14.5. The summed E-state index contributed by atoms with van der Waals surface area (Å²) in [5, 5.41) is 15.4. The van der Waals surface area contributed by atoms with Crippen LogP contribution in [0.25, 0.3) is 10.9 Å². The van der Waals surface area contributed by atoms with Crippen LogP contribution in [0.5, 0.6) is 5.75 Å². The van der Waals surface area contributed by atoms with Gasteiger partial charge in [-0.3, -0.25) is 19.7 Å². The number of aliphatic imine (C=N–C) groups is 1. The lowest BCUT2D eigenvalue weighted by atomic mass is 10.0. The molecule has 0 aliphatic carbocycles. The minimum atomic E-state index is -0.202. The predicted octanol–water partition coefficient (Wildman–Crippen LogP) is 2.65. The van der Waals surface area contributed by atoms with E-state index in [9.17, 15) is 9.90 Å². The van der Waals surface area contributed by atoms with Crippen LogP contribution in [0.15, 0.2) is 35.5 Å². The van der Waals surface area contributed by atoms with Crippen molar-refractivity contribution in [3.8, 4) is 5.75 Å². The van der Waals surface area contributed by atoms with Crippen molar-refractivity contribution in [1.29, 1.82) is 0 Å². The molecular weight excluding hydrogens is 562 g/mol. The molecule has 2 aromatic rings. The number of thioether (sulfide) groups is 1. The molecule has 0 radical (unpaired) electrons. The Kier molecular flexibility index (Phi) is 10.2. The van der Waals surface area contributed by atoms with Crippen molar-refractivity contribution >= 4 is 39.4 Å². The summed E-state index contributed by atoms with van der Waals surface area (Å²) in [7, 11) is 1.73. The van der Waals surface area contributed by atoms with Gasteiger partial charge in [0.1, 0.15) is 11.4 Å². The van der Waals surface area contributed by atoms with Crippen LogP contribution in [-0.4, -0.2) is 132 Å². The zero-order valence-electron chi connectivity index (χ0n) is 25.5. The van der Waals surface area contributed by atoms with Gasteiger partial charge in [0, 0.05) is 82.2 Å². The number of carbonyl (C=O) groups excluding carboxylic acids is 1. The van der Waals surface area contributed by atoms with Crippen molar-refractivity contribution in [3.05, 3.63) is 30.5 Å². The highest BCUT2D eigenvalue weighted by atomic mass is 32.2. The van der Waals surface area contributed by atoms with Gasteiger partial charge in [0.25, 0.3) is 0 Å². The highest BCUT2D eigenvalue weighted by molar-refractivity contribution is 8.14. The Labute approximate surface area is 259 Å². The number of fused-ring (bicyclic) bond motifs is 1. The number of pyridine rings is 1. The number of nitrogens with one attached hydrogen (secondary N) is 1. The summed E-state index contributed by atoms with van der Waals surface area (Å²) in [5.74, 6) is 1.86. The van der Waals surface area contributed by atoms with Crippen LogP contribution >= 0.6 is 11.8 Å². The van der Waals surface area contributed by atoms with E-state index in [1.807, 2.05) is 30.1 Å². The third kappa shape index (κ3) is 7.38. The quantitative estimate of drug-likeness (QED) is 0.445. The Morgan fingerprint density at radius 3 is 2.70 bits per heavy atom. The van der Waals surface area contributed by atoms with Crippen LogP contribution in [-0.2, 0) is 4.79 Å². The van der Waals surface area contributed by atoms with Crippen LogP contribution in [0.2, 0.25) is 0 Å². The number of rotatable bonds is 9. The van der Waals surface area contributed by atoms with E-state index in [1.54, 1.807) is 7.11 Å². The maximum absolute atomic E-state index is 13.4. The zero-order chi connectivity index (χ0) is 29.6. The molecule has 43 heavy (non-hydrogen) atoms. The van der Waals surface area contributed by atoms with Crippen molar-refractivity contribution in [1.82, 2.24) is 25.0 Å². The van der Waals surface area contributed by atoms with Gasteiger partial charge in [0.2, 0.25) is 5.91 Å². The highest BCUT2D eigenvalue weighted by Crippen LogP contribution is 2.36. The number of nitrogens with zero attached hydrogens (tertiary/aromatic N) is 6. The van der Waals surface area contributed by atoms with E-state index in [-0.39, 0.29) is 24.1 Å². The van der Waals surface area contributed by atoms with Crippen LogP contribution in [0, 0.1) is 0 Å². The summed E-state index contributed by atoms with van der Waals surface area (Å²) in [6, 6.07) is 8.30. The van der Waals surface area contributed by atoms with Gasteiger partial charge in [-0.2, -0.15) is 0 Å². The van der Waals surface area contributed by atoms with Crippen molar-refractivity contribution in [2.45, 2.75) is 56.7 Å². The maximum Gasteiger partial charge on any atom is 0.221 e. The first-order valence-electron chi connectivity index (χ1n) is 16.1. The summed E-state index contributed by atoms with van der Waals surface area (Å²) >= 11 is 1.82. The molecule has 3 fully saturated rings. The third-order valence-corrected chi connectivity index (χ3v) is 10.6. The Balaban J connectivity index is 1.17. The van der Waals surface area contributed by atoms with Crippen molar-refractivity contribution in [2.24, 2.45) is 4.99 Å². The Bertz CT molecular complexity index is 1260. The van der Waals surface area contributed by atoms with Crippen LogP contribution in [0.4, 0.5) is 5.69 Å². The number of likely N-dealkylation sites (tertiary alicyclic amines) is 2. The molecule has 234 valence electrons. The van der Waals surface area contributed by atoms with E-state index < -0.39 is 0 Å². The molecule has 1 amide bonds. The molecular formula is C32H47N7O3S. The molecule has 0 spiro atoms. The summed E-state index contributed by atoms with van der Waals surface area (Å²) in [6.07, 6.45) is 7.20. The predicted molar refractivity (Wildman–Crippen MR) is 174 cm³/mol. The molecule has 10 nitrogen and oxygen atoms in total. The smallest absolute Gasteiger partial charge is 0.221 e. The fourth-order valence-corrected chi connectivity index (χ4v) is 8.20. The number of anilines is 1. The maximum atomic E-state index is 13.4. The minimum absolute atomic E-state index is 0.0413. The lowest BCUT2D eigenvalue weighted by molar-refractivity contribution is -0.122. The summed E-state index contributed by atoms with van der Waals surface area (Å²) in [5.41, 5.74) is 2.03. The molecule has 2 atom stereocenters. The number of ether oxygens (including phenoxy) is 1. The number of amides is 1. The van der Waals surface area contributed by atoms with E-state index in [2.05, 4.69) is 37.0 Å². The Morgan fingerprint density at radius 2 is 1.88 bits per heavy atom. The van der Waals surface area contributed by atoms with Crippen molar-refractivity contribution in [3.63, 3.8) is 0 Å². The first kappa shape index (κ1) is 30.4. The average Bonchev–Trinajstić information content (AvgIpc) is 3.68. The first-order valence-corrected chi connectivity index (χ1v) is 17.1. The number of aliphatic hydroxyl groups excluding tert-OH is 1. The van der Waals surface area contributed by atoms with Crippen molar-refractivity contribution < 1.29 is 14.6 Å². The third-order valence-electron chi connectivity index (χ3n) is 9.43. The van der Waals surface area contributed by atoms with E-state index in [0.717, 1.165) is 111 Å². The number of carbonyl (C=O) groups is 1. The number of aliphatic hydroxyl groups is 1. The molecule has 1 aromatic heterocycles. The van der Waals surface area contributed by atoms with Gasteiger partial charge in [-0.05, 0) is 63.4 Å². The molecule has 0 bridgehead atoms. The Hall–Kier alpha value is -2.60. The van der Waals surface area contributed by atoms with Gasteiger partial charge >= 0.3 is 0 Å². The van der Waals surface area contributed by atoms with E-state index in [1.165, 1.54) is 12.8 Å². The van der Waals surface area contributed by atoms with Gasteiger partial charge in [-0.25, -0.2) is 0 Å². The average molecular weight is 610 g/mol. The van der Waals surface area contributed by atoms with Gasteiger partial charge in [0.15, 0.2) is 5.17 Å². The SMILES string of the molecule is COc1ccc2cccnc2c1N1CCCN(C(CC(=O)NCCN2CCCC2)C2CSC(N3CCC(O)CC3)=N2)CC1. The second-order valence-electron chi connectivity index (χ2n) is 12.2. The standard InChI is InChI=1S/C32H47N7O3S/c1-42-28-8-7-24-6-4-11-34-30(24)31(28)38-16-5-15-37(20-21-38)27(22-29(41)33-12-19-36-13-2-3-14-36)26-23-43-32(35-26)39-17-9-25(40)10-18-39/h4,6-8,11,25-27,40H,2-3,5,9-10,12-23H2,1H3,(H,33,41). The molecule has 1 aromatic carbocycles. The van der Waals surface area contributed by atoms with Gasteiger partial charge in [-0.1, -0.05) is 17.8 Å². The lowest BCUT2D eigenvalue weighted by Gasteiger charge is -2.33. The molecule has 0 saturated carbocycles. The summed E-state index contributed by atoms with van der Waals surface area (Å²) < 4.78 is 5.81. The van der Waals surface area contributed by atoms with Crippen LogP contribution in [0.1, 0.15) is 38.5 Å². The summed E-state index contributed by atoms with van der Waals surface area (Å²) in [4.78, 5) is 33.0. The fraction of sp³-hybridized carbons (Fsp3) is 0.656. The monoisotopic (exact) mass is 609 g/mol. The number of methoxy groups -OCH3 is 1. The zero-order valence-corrected chi connectivity index (χ0v) is 26.3. The number of amidine groups is 1. The number of piperidine rings is 1. The van der Waals surface area contributed by atoms with Gasteiger partial charge in [0.05, 0.1) is 24.8 Å². The van der Waals surface area contributed by atoms with Gasteiger partial charge < -0.3 is 29.9 Å². The molecule has 5 heterocycles. The number of hydrogen-bond donors (Lipinski definition) is 2. The molecule has 11 heteroatoms. The van der Waals surface area contributed by atoms with Crippen LogP contribution < -0.4 is 15.0 Å². The van der Waals surface area contributed by atoms with E-state index in [0.29, 0.717) is 13.0 Å². The second-order valence-corrected chi connectivity index (χ2v) is 13.2. The topological polar surface area (TPSA) is 96.8 Å². The highest BCUT2D eigenvalue weighted by Gasteiger charge is 2.36. The van der Waals surface area contributed by atoms with Crippen LogP contribution in [0.3, 0.4) is 0 Å². The van der Waals surface area contributed by atoms with E-state index >= 15 is 0 Å². The largest absolute Gasteiger partial charge is 0.494 e. The number of hydrogen-bond acceptors (Lipinski definition) is 10. The fourth-order valence-electron chi connectivity index (χ4n) is 7.01. The molecule has 2 N–H and O–H groups in total. The molecule has 4 aliphatic rings. The normalized spacial score (nSPS) is 23.4. The molecule has 2 unspecified atom stereocenters. The first-order chi connectivity index (χ1) is 21.1. The number of benzene rings is 1. The molecule has 6 rings (SSSR count). The van der Waals surface area contributed by atoms with Gasteiger partial charge in [-0.15, -0.1) is 0 Å². The number of aromatic nitrogens is 1. The van der Waals surface area contributed by atoms with Crippen molar-refractivity contribution in [2.75, 3.05) is 83.2 Å². The van der Waals surface area contributed by atoms with E-state index in [4.69, 9.17) is 14.7 Å². The lowest BCUT2D eigenvalue weighted by Crippen LogP contribution is -2.48. The summed E-state index contributed by atoms with van der Waals surface area (Å²) in [6.45, 7) is 9.12. The molecule has 4 aliphatic heterocycles. The Morgan fingerprint density at radius 1 is 1.05 bits per heavy atom.